The molecular weight excluding hydrogens is 304 g/mol. The van der Waals surface area contributed by atoms with E-state index in [1.165, 1.54) is 31.3 Å². The minimum atomic E-state index is 1.28. The van der Waals surface area contributed by atoms with E-state index in [1.54, 1.807) is 11.3 Å². The molecule has 106 valence electrons. The van der Waals surface area contributed by atoms with Gasteiger partial charge in [0.25, 0.3) is 0 Å². The second kappa shape index (κ2) is 5.91. The van der Waals surface area contributed by atoms with Crippen LogP contribution < -0.4 is 0 Å². The van der Waals surface area contributed by atoms with Crippen LogP contribution in [0.25, 0.3) is 31.3 Å². The molecule has 2 heterocycles. The van der Waals surface area contributed by atoms with E-state index < -0.39 is 0 Å². The first-order chi connectivity index (χ1) is 10.9. The maximum atomic E-state index is 2.32. The fourth-order valence-electron chi connectivity index (χ4n) is 2.56. The zero-order chi connectivity index (χ0) is 14.8. The highest BCUT2D eigenvalue weighted by Gasteiger charge is 2.14. The molecule has 0 unspecified atom stereocenters. The van der Waals surface area contributed by atoms with Gasteiger partial charge in [-0.25, -0.2) is 0 Å². The van der Waals surface area contributed by atoms with Crippen LogP contribution in [0.4, 0.5) is 0 Å². The van der Waals surface area contributed by atoms with Crippen LogP contribution in [0.15, 0.2) is 84.2 Å². The molecule has 0 aliphatic heterocycles. The lowest BCUT2D eigenvalue weighted by Crippen LogP contribution is -1.75. The van der Waals surface area contributed by atoms with E-state index in [4.69, 9.17) is 0 Å². The summed E-state index contributed by atoms with van der Waals surface area (Å²) in [5.74, 6) is 0. The summed E-state index contributed by atoms with van der Waals surface area (Å²) in [6.45, 7) is 0. The second-order valence-electron chi connectivity index (χ2n) is 5.06. The van der Waals surface area contributed by atoms with Crippen molar-refractivity contribution in [2.45, 2.75) is 0 Å². The van der Waals surface area contributed by atoms with Crippen molar-refractivity contribution in [2.75, 3.05) is 0 Å². The summed E-state index contributed by atoms with van der Waals surface area (Å²) in [6, 6.07) is 27.9. The maximum Gasteiger partial charge on any atom is 0.0527 e. The van der Waals surface area contributed by atoms with Gasteiger partial charge in [-0.2, -0.15) is 0 Å². The fourth-order valence-corrected chi connectivity index (χ4v) is 4.61. The van der Waals surface area contributed by atoms with Crippen molar-refractivity contribution >= 4 is 22.7 Å². The highest BCUT2D eigenvalue weighted by molar-refractivity contribution is 7.23. The lowest BCUT2D eigenvalue weighted by Gasteiger charge is -2.01. The molecule has 2 aromatic carbocycles. The predicted molar refractivity (Wildman–Crippen MR) is 98.5 cm³/mol. The largest absolute Gasteiger partial charge is 0.143 e. The van der Waals surface area contributed by atoms with Gasteiger partial charge in [-0.3, -0.25) is 0 Å². The number of hydrogen-bond donors (Lipinski definition) is 0. The van der Waals surface area contributed by atoms with Crippen LogP contribution in [0.2, 0.25) is 0 Å². The van der Waals surface area contributed by atoms with Crippen molar-refractivity contribution in [1.29, 1.82) is 0 Å². The minimum Gasteiger partial charge on any atom is -0.143 e. The SMILES string of the molecule is c1ccc(-c2cc(-c3ccccc3)c(-c3cccs3)s2)cc1. The Morgan fingerprint density at radius 2 is 1.27 bits per heavy atom. The van der Waals surface area contributed by atoms with E-state index in [1.807, 2.05) is 11.3 Å². The monoisotopic (exact) mass is 318 g/mol. The van der Waals surface area contributed by atoms with Crippen LogP contribution >= 0.6 is 22.7 Å². The second-order valence-corrected chi connectivity index (χ2v) is 7.06. The first-order valence-corrected chi connectivity index (χ1v) is 8.90. The molecule has 4 aromatic rings. The highest BCUT2D eigenvalue weighted by Crippen LogP contribution is 2.44. The number of hydrogen-bond acceptors (Lipinski definition) is 2. The van der Waals surface area contributed by atoms with Gasteiger partial charge in [0.15, 0.2) is 0 Å². The van der Waals surface area contributed by atoms with Crippen molar-refractivity contribution in [2.24, 2.45) is 0 Å². The molecule has 0 atom stereocenters. The van der Waals surface area contributed by atoms with Gasteiger partial charge in [-0.1, -0.05) is 66.7 Å². The third kappa shape index (κ3) is 2.52. The summed E-state index contributed by atoms with van der Waals surface area (Å²) in [5, 5.41) is 2.14. The van der Waals surface area contributed by atoms with Crippen LogP contribution in [0.3, 0.4) is 0 Å². The van der Waals surface area contributed by atoms with Gasteiger partial charge >= 0.3 is 0 Å². The number of benzene rings is 2. The Bertz CT molecular complexity index is 857. The first-order valence-electron chi connectivity index (χ1n) is 7.20. The standard InChI is InChI=1S/C20H14S2/c1-3-8-15(9-4-1)17-14-19(16-10-5-2-6-11-16)22-20(17)18-12-7-13-21-18/h1-14H. The van der Waals surface area contributed by atoms with Crippen LogP contribution in [-0.4, -0.2) is 0 Å². The molecule has 2 aromatic heterocycles. The Morgan fingerprint density at radius 1 is 0.591 bits per heavy atom. The van der Waals surface area contributed by atoms with E-state index >= 15 is 0 Å². The van der Waals surface area contributed by atoms with Gasteiger partial charge in [0, 0.05) is 15.3 Å². The molecule has 0 aliphatic carbocycles. The lowest BCUT2D eigenvalue weighted by molar-refractivity contribution is 1.66. The van der Waals surface area contributed by atoms with E-state index in [2.05, 4.69) is 84.2 Å². The molecule has 0 bridgehead atoms. The first kappa shape index (κ1) is 13.5. The summed E-state index contributed by atoms with van der Waals surface area (Å²) < 4.78 is 0. The number of rotatable bonds is 3. The summed E-state index contributed by atoms with van der Waals surface area (Å²) in [4.78, 5) is 4.02. The number of thiophene rings is 2. The average Bonchev–Trinajstić information content (AvgIpc) is 3.26. The third-order valence-electron chi connectivity index (χ3n) is 3.62. The predicted octanol–water partition coefficient (Wildman–Crippen LogP) is 6.81. The van der Waals surface area contributed by atoms with Crippen molar-refractivity contribution in [3.63, 3.8) is 0 Å². The van der Waals surface area contributed by atoms with Gasteiger partial charge in [0.05, 0.1) is 4.88 Å². The average molecular weight is 318 g/mol. The molecule has 0 fully saturated rings. The molecule has 0 amide bonds. The summed E-state index contributed by atoms with van der Waals surface area (Å²) >= 11 is 3.68. The third-order valence-corrected chi connectivity index (χ3v) is 5.85. The van der Waals surface area contributed by atoms with Crippen LogP contribution in [0, 0.1) is 0 Å². The molecule has 0 nitrogen and oxygen atoms in total. The fraction of sp³-hybridized carbons (Fsp3) is 0. The van der Waals surface area contributed by atoms with E-state index in [-0.39, 0.29) is 0 Å². The van der Waals surface area contributed by atoms with Crippen molar-refractivity contribution in [1.82, 2.24) is 0 Å². The highest BCUT2D eigenvalue weighted by atomic mass is 32.1. The van der Waals surface area contributed by atoms with Crippen molar-refractivity contribution < 1.29 is 0 Å². The van der Waals surface area contributed by atoms with Crippen LogP contribution in [0.1, 0.15) is 0 Å². The summed E-state index contributed by atoms with van der Waals surface area (Å²) in [6.07, 6.45) is 0. The normalized spacial score (nSPS) is 10.7. The Hall–Kier alpha value is -2.16. The summed E-state index contributed by atoms with van der Waals surface area (Å²) in [5.41, 5.74) is 3.89. The van der Waals surface area contributed by atoms with Gasteiger partial charge in [0.2, 0.25) is 0 Å². The smallest absolute Gasteiger partial charge is 0.0527 e. The molecule has 0 spiro atoms. The van der Waals surface area contributed by atoms with Gasteiger partial charge in [-0.15, -0.1) is 22.7 Å². The zero-order valence-electron chi connectivity index (χ0n) is 11.9. The van der Waals surface area contributed by atoms with Gasteiger partial charge < -0.3 is 0 Å². The lowest BCUT2D eigenvalue weighted by atomic mass is 10.0. The van der Waals surface area contributed by atoms with Crippen molar-refractivity contribution in [3.8, 4) is 31.3 Å². The minimum absolute atomic E-state index is 1.28. The Kier molecular flexibility index (Phi) is 3.63. The Morgan fingerprint density at radius 3 is 1.91 bits per heavy atom. The molecule has 2 heteroatoms. The van der Waals surface area contributed by atoms with E-state index in [0.29, 0.717) is 0 Å². The summed E-state index contributed by atoms with van der Waals surface area (Å²) in [7, 11) is 0. The molecular formula is C20H14S2. The maximum absolute atomic E-state index is 2.32. The molecule has 22 heavy (non-hydrogen) atoms. The topological polar surface area (TPSA) is 0 Å². The Balaban J connectivity index is 1.91. The molecule has 0 saturated carbocycles. The van der Waals surface area contributed by atoms with Crippen LogP contribution in [0.5, 0.6) is 0 Å². The quantitative estimate of drug-likeness (QED) is 0.389. The van der Waals surface area contributed by atoms with Gasteiger partial charge in [0.1, 0.15) is 0 Å². The molecule has 0 radical (unpaired) electrons. The zero-order valence-corrected chi connectivity index (χ0v) is 13.5. The van der Waals surface area contributed by atoms with Gasteiger partial charge in [-0.05, 0) is 28.6 Å². The molecule has 0 aliphatic rings. The molecule has 0 N–H and O–H groups in total. The van der Waals surface area contributed by atoms with Crippen molar-refractivity contribution in [3.05, 3.63) is 84.2 Å². The molecule has 0 saturated heterocycles. The Labute approximate surface area is 138 Å². The van der Waals surface area contributed by atoms with Crippen LogP contribution in [-0.2, 0) is 0 Å². The molecule has 4 rings (SSSR count). The van der Waals surface area contributed by atoms with E-state index in [0.717, 1.165) is 0 Å². The van der Waals surface area contributed by atoms with E-state index in [9.17, 15) is 0 Å².